The molecule has 0 saturated carbocycles. The summed E-state index contributed by atoms with van der Waals surface area (Å²) in [7, 11) is 0. The molecule has 3 amide bonds. The molecular formula is C18H26N4O3. The molecule has 1 aromatic rings. The number of urea groups is 1. The van der Waals surface area contributed by atoms with E-state index < -0.39 is 0 Å². The van der Waals surface area contributed by atoms with Gasteiger partial charge in [0.25, 0.3) is 5.56 Å². The molecule has 2 fully saturated rings. The first-order valence-electron chi connectivity index (χ1n) is 9.12. The van der Waals surface area contributed by atoms with E-state index in [1.54, 1.807) is 22.9 Å². The zero-order chi connectivity index (χ0) is 17.6. The molecule has 0 aliphatic carbocycles. The monoisotopic (exact) mass is 346 g/mol. The van der Waals surface area contributed by atoms with Crippen molar-refractivity contribution in [3.8, 4) is 0 Å². The highest BCUT2D eigenvalue weighted by molar-refractivity contribution is 5.79. The summed E-state index contributed by atoms with van der Waals surface area (Å²) in [4.78, 5) is 40.1. The van der Waals surface area contributed by atoms with Gasteiger partial charge in [0.05, 0.1) is 0 Å². The van der Waals surface area contributed by atoms with Crippen LogP contribution < -0.4 is 10.9 Å². The number of amides is 3. The molecule has 0 spiro atoms. The van der Waals surface area contributed by atoms with Gasteiger partial charge in [-0.3, -0.25) is 9.59 Å². The first-order chi connectivity index (χ1) is 12.1. The van der Waals surface area contributed by atoms with E-state index in [2.05, 4.69) is 5.32 Å². The van der Waals surface area contributed by atoms with E-state index >= 15 is 0 Å². The molecule has 136 valence electrons. The van der Waals surface area contributed by atoms with Crippen LogP contribution >= 0.6 is 0 Å². The Morgan fingerprint density at radius 2 is 1.72 bits per heavy atom. The van der Waals surface area contributed by atoms with Crippen molar-refractivity contribution in [2.45, 2.75) is 32.2 Å². The van der Waals surface area contributed by atoms with Gasteiger partial charge in [0.15, 0.2) is 0 Å². The van der Waals surface area contributed by atoms with Crippen LogP contribution in [0, 0.1) is 5.92 Å². The summed E-state index contributed by atoms with van der Waals surface area (Å²) in [6, 6.07) is 5.14. The number of carbonyl (C=O) groups is 2. The average Bonchev–Trinajstić information content (AvgIpc) is 3.17. The van der Waals surface area contributed by atoms with Crippen LogP contribution in [0.2, 0.25) is 0 Å². The highest BCUT2D eigenvalue weighted by atomic mass is 16.2. The zero-order valence-electron chi connectivity index (χ0n) is 14.5. The number of nitrogens with one attached hydrogen (secondary N) is 1. The summed E-state index contributed by atoms with van der Waals surface area (Å²) in [5.41, 5.74) is -0.0644. The Labute approximate surface area is 147 Å². The first kappa shape index (κ1) is 17.5. The maximum Gasteiger partial charge on any atom is 0.319 e. The Morgan fingerprint density at radius 1 is 1.04 bits per heavy atom. The molecule has 0 atom stereocenters. The van der Waals surface area contributed by atoms with Gasteiger partial charge in [0, 0.05) is 57.4 Å². The average molecular weight is 346 g/mol. The van der Waals surface area contributed by atoms with Crippen molar-refractivity contribution < 1.29 is 9.59 Å². The summed E-state index contributed by atoms with van der Waals surface area (Å²) < 4.78 is 1.58. The summed E-state index contributed by atoms with van der Waals surface area (Å²) in [5, 5.41) is 2.91. The predicted molar refractivity (Wildman–Crippen MR) is 94.2 cm³/mol. The number of pyridine rings is 1. The summed E-state index contributed by atoms with van der Waals surface area (Å²) in [5.74, 6) is -0.0209. The van der Waals surface area contributed by atoms with Crippen LogP contribution in [-0.4, -0.2) is 59.0 Å². The lowest BCUT2D eigenvalue weighted by molar-refractivity contribution is -0.126. The van der Waals surface area contributed by atoms with Gasteiger partial charge in [-0.05, 0) is 31.7 Å². The molecule has 2 aliphatic heterocycles. The largest absolute Gasteiger partial charge is 0.354 e. The smallest absolute Gasteiger partial charge is 0.319 e. The van der Waals surface area contributed by atoms with Crippen LogP contribution in [0.5, 0.6) is 0 Å². The van der Waals surface area contributed by atoms with Crippen LogP contribution in [0.3, 0.4) is 0 Å². The number of carbonyl (C=O) groups excluding carboxylic acids is 2. The second-order valence-corrected chi connectivity index (χ2v) is 6.76. The molecule has 3 rings (SSSR count). The fraction of sp³-hybridized carbons (Fsp3) is 0.611. The molecule has 0 unspecified atom stereocenters. The minimum absolute atomic E-state index is 0.0252. The Balaban J connectivity index is 1.40. The molecule has 7 heteroatoms. The van der Waals surface area contributed by atoms with E-state index in [0.717, 1.165) is 25.9 Å². The van der Waals surface area contributed by atoms with Gasteiger partial charge in [-0.15, -0.1) is 0 Å². The molecule has 0 bridgehead atoms. The summed E-state index contributed by atoms with van der Waals surface area (Å²) in [6.07, 6.45) is 5.31. The van der Waals surface area contributed by atoms with Crippen molar-refractivity contribution in [2.75, 3.05) is 32.7 Å². The highest BCUT2D eigenvalue weighted by Crippen LogP contribution is 2.20. The SMILES string of the molecule is O=C(NCCn1ccccc1=O)C1CCN(C(=O)N2CCCC2)CC1. The van der Waals surface area contributed by atoms with Gasteiger partial charge in [0.1, 0.15) is 0 Å². The minimum atomic E-state index is -0.0644. The fourth-order valence-corrected chi connectivity index (χ4v) is 3.53. The Hall–Kier alpha value is -2.31. The van der Waals surface area contributed by atoms with Gasteiger partial charge in [-0.2, -0.15) is 0 Å². The van der Waals surface area contributed by atoms with E-state index in [1.165, 1.54) is 6.07 Å². The van der Waals surface area contributed by atoms with Crippen LogP contribution in [0.15, 0.2) is 29.2 Å². The van der Waals surface area contributed by atoms with E-state index in [-0.39, 0.29) is 23.4 Å². The van der Waals surface area contributed by atoms with E-state index in [4.69, 9.17) is 0 Å². The van der Waals surface area contributed by atoms with E-state index in [9.17, 15) is 14.4 Å². The molecular weight excluding hydrogens is 320 g/mol. The number of nitrogens with zero attached hydrogens (tertiary/aromatic N) is 3. The lowest BCUT2D eigenvalue weighted by Crippen LogP contribution is -2.48. The van der Waals surface area contributed by atoms with Crippen LogP contribution in [-0.2, 0) is 11.3 Å². The maximum atomic E-state index is 12.4. The van der Waals surface area contributed by atoms with Gasteiger partial charge >= 0.3 is 6.03 Å². The zero-order valence-corrected chi connectivity index (χ0v) is 14.5. The number of hydrogen-bond donors (Lipinski definition) is 1. The minimum Gasteiger partial charge on any atom is -0.354 e. The predicted octanol–water partition coefficient (Wildman–Crippen LogP) is 0.892. The first-order valence-corrected chi connectivity index (χ1v) is 9.12. The quantitative estimate of drug-likeness (QED) is 0.880. The molecule has 2 saturated heterocycles. The number of piperidine rings is 1. The highest BCUT2D eigenvalue weighted by Gasteiger charge is 2.30. The number of likely N-dealkylation sites (tertiary alicyclic amines) is 2. The Kier molecular flexibility index (Phi) is 5.73. The second kappa shape index (κ2) is 8.18. The topological polar surface area (TPSA) is 74.6 Å². The van der Waals surface area contributed by atoms with Crippen molar-refractivity contribution in [3.05, 3.63) is 34.7 Å². The van der Waals surface area contributed by atoms with Gasteiger partial charge in [0.2, 0.25) is 5.91 Å². The third-order valence-electron chi connectivity index (χ3n) is 5.06. The van der Waals surface area contributed by atoms with Crippen molar-refractivity contribution in [1.82, 2.24) is 19.7 Å². The Morgan fingerprint density at radius 3 is 2.40 bits per heavy atom. The molecule has 3 heterocycles. The number of rotatable bonds is 4. The summed E-state index contributed by atoms with van der Waals surface area (Å²) >= 11 is 0. The molecule has 7 nitrogen and oxygen atoms in total. The van der Waals surface area contributed by atoms with Gasteiger partial charge in [-0.1, -0.05) is 6.07 Å². The molecule has 25 heavy (non-hydrogen) atoms. The van der Waals surface area contributed by atoms with Crippen molar-refractivity contribution >= 4 is 11.9 Å². The number of hydrogen-bond acceptors (Lipinski definition) is 3. The Bertz CT molecular complexity index is 658. The molecule has 1 N–H and O–H groups in total. The van der Waals surface area contributed by atoms with Gasteiger partial charge in [-0.25, -0.2) is 4.79 Å². The van der Waals surface area contributed by atoms with E-state index in [1.807, 2.05) is 9.80 Å². The third kappa shape index (κ3) is 4.41. The van der Waals surface area contributed by atoms with Gasteiger partial charge < -0.3 is 19.7 Å². The van der Waals surface area contributed by atoms with Crippen molar-refractivity contribution in [1.29, 1.82) is 0 Å². The molecule has 0 aromatic carbocycles. The molecule has 0 radical (unpaired) electrons. The van der Waals surface area contributed by atoms with Crippen molar-refractivity contribution in [2.24, 2.45) is 5.92 Å². The van der Waals surface area contributed by atoms with Crippen molar-refractivity contribution in [3.63, 3.8) is 0 Å². The maximum absolute atomic E-state index is 12.4. The van der Waals surface area contributed by atoms with Crippen LogP contribution in [0.25, 0.3) is 0 Å². The molecule has 1 aromatic heterocycles. The van der Waals surface area contributed by atoms with E-state index in [0.29, 0.717) is 39.0 Å². The third-order valence-corrected chi connectivity index (χ3v) is 5.06. The van der Waals surface area contributed by atoms with Crippen LogP contribution in [0.1, 0.15) is 25.7 Å². The number of aromatic nitrogens is 1. The normalized spacial score (nSPS) is 18.4. The lowest BCUT2D eigenvalue weighted by atomic mass is 9.96. The lowest BCUT2D eigenvalue weighted by Gasteiger charge is -2.34. The fourth-order valence-electron chi connectivity index (χ4n) is 3.53. The summed E-state index contributed by atoms with van der Waals surface area (Å²) in [6.45, 7) is 3.92. The van der Waals surface area contributed by atoms with Crippen LogP contribution in [0.4, 0.5) is 4.79 Å². The standard InChI is InChI=1S/C18H26N4O3/c23-16-5-1-2-9-20(16)14-8-19-17(24)15-6-12-22(13-7-15)18(25)21-10-3-4-11-21/h1-2,5,9,15H,3-4,6-8,10-14H2,(H,19,24). The second-order valence-electron chi connectivity index (χ2n) is 6.76. The molecule has 2 aliphatic rings.